The highest BCUT2D eigenvalue weighted by molar-refractivity contribution is 5.64. The van der Waals surface area contributed by atoms with Gasteiger partial charge in [-0.2, -0.15) is 0 Å². The number of rotatable bonds is 2. The van der Waals surface area contributed by atoms with Crippen molar-refractivity contribution in [1.82, 2.24) is 4.57 Å². The summed E-state index contributed by atoms with van der Waals surface area (Å²) in [5, 5.41) is 9.65. The van der Waals surface area contributed by atoms with Crippen LogP contribution in [0.25, 0.3) is 16.9 Å². The molecule has 1 heterocycles. The summed E-state index contributed by atoms with van der Waals surface area (Å²) in [6.45, 7) is 2.07. The molecule has 3 aromatic rings. The van der Waals surface area contributed by atoms with Crippen LogP contribution in [0.4, 0.5) is 0 Å². The molecule has 0 unspecified atom stereocenters. The number of nitrogens with zero attached hydrogens (tertiary/aromatic N) is 1. The van der Waals surface area contributed by atoms with Crippen molar-refractivity contribution in [3.63, 3.8) is 0 Å². The second-order valence-electron chi connectivity index (χ2n) is 4.58. The lowest BCUT2D eigenvalue weighted by Crippen LogP contribution is -1.98. The third-order valence-electron chi connectivity index (χ3n) is 3.23. The Morgan fingerprint density at radius 1 is 0.842 bits per heavy atom. The number of aromatic hydroxyl groups is 1. The van der Waals surface area contributed by atoms with Crippen molar-refractivity contribution in [2.45, 2.75) is 6.92 Å². The molecule has 0 atom stereocenters. The van der Waals surface area contributed by atoms with Gasteiger partial charge in [-0.25, -0.2) is 0 Å². The largest absolute Gasteiger partial charge is 0.508 e. The van der Waals surface area contributed by atoms with Crippen LogP contribution in [0.5, 0.6) is 5.75 Å². The summed E-state index contributed by atoms with van der Waals surface area (Å²) >= 11 is 0. The number of benzene rings is 2. The minimum atomic E-state index is 0.282. The van der Waals surface area contributed by atoms with E-state index in [-0.39, 0.29) is 5.75 Å². The van der Waals surface area contributed by atoms with Gasteiger partial charge in [0.1, 0.15) is 5.75 Å². The Morgan fingerprint density at radius 3 is 2.37 bits per heavy atom. The number of phenols is 1. The zero-order valence-electron chi connectivity index (χ0n) is 10.7. The van der Waals surface area contributed by atoms with Crippen LogP contribution in [0.3, 0.4) is 0 Å². The minimum Gasteiger partial charge on any atom is -0.508 e. The Hall–Kier alpha value is -2.48. The number of aryl methyl sites for hydroxylation is 1. The average Bonchev–Trinajstić information content (AvgIpc) is 2.82. The summed E-state index contributed by atoms with van der Waals surface area (Å²) in [5.41, 5.74) is 4.41. The first-order valence-electron chi connectivity index (χ1n) is 6.29. The van der Waals surface area contributed by atoms with E-state index in [0.29, 0.717) is 0 Å². The van der Waals surface area contributed by atoms with Gasteiger partial charge < -0.3 is 9.67 Å². The highest BCUT2D eigenvalue weighted by Crippen LogP contribution is 2.27. The normalized spacial score (nSPS) is 10.6. The molecule has 19 heavy (non-hydrogen) atoms. The maximum Gasteiger partial charge on any atom is 0.117 e. The van der Waals surface area contributed by atoms with Crippen LogP contribution < -0.4 is 0 Å². The third-order valence-corrected chi connectivity index (χ3v) is 3.23. The number of aromatic nitrogens is 1. The molecule has 2 aromatic carbocycles. The molecular weight excluding hydrogens is 234 g/mol. The highest BCUT2D eigenvalue weighted by atomic mass is 16.3. The fourth-order valence-corrected chi connectivity index (χ4v) is 2.35. The van der Waals surface area contributed by atoms with Crippen LogP contribution in [0, 0.1) is 6.92 Å². The van der Waals surface area contributed by atoms with E-state index < -0.39 is 0 Å². The average molecular weight is 249 g/mol. The third kappa shape index (κ3) is 2.13. The first kappa shape index (κ1) is 11.6. The van der Waals surface area contributed by atoms with Crippen LogP contribution >= 0.6 is 0 Å². The van der Waals surface area contributed by atoms with Gasteiger partial charge in [-0.3, -0.25) is 0 Å². The van der Waals surface area contributed by atoms with Gasteiger partial charge in [-0.15, -0.1) is 0 Å². The second-order valence-corrected chi connectivity index (χ2v) is 4.58. The molecule has 0 aliphatic heterocycles. The van der Waals surface area contributed by atoms with Gasteiger partial charge in [0.2, 0.25) is 0 Å². The van der Waals surface area contributed by atoms with Crippen molar-refractivity contribution in [1.29, 1.82) is 0 Å². The zero-order chi connectivity index (χ0) is 13.2. The van der Waals surface area contributed by atoms with E-state index >= 15 is 0 Å². The molecule has 1 aromatic heterocycles. The molecule has 0 amide bonds. The smallest absolute Gasteiger partial charge is 0.117 e. The standard InChI is InChI=1S/C17H15NO/c1-13-10-11-17(14-6-3-2-4-7-14)18(13)15-8-5-9-16(19)12-15/h2-12,19H,1H3. The van der Waals surface area contributed by atoms with Gasteiger partial charge in [-0.05, 0) is 36.8 Å². The fourth-order valence-electron chi connectivity index (χ4n) is 2.35. The summed E-state index contributed by atoms with van der Waals surface area (Å²) in [6, 6.07) is 21.8. The topological polar surface area (TPSA) is 25.2 Å². The predicted octanol–water partition coefficient (Wildman–Crippen LogP) is 4.16. The summed E-state index contributed by atoms with van der Waals surface area (Å²) < 4.78 is 2.15. The monoisotopic (exact) mass is 249 g/mol. The Morgan fingerprint density at radius 2 is 1.63 bits per heavy atom. The van der Waals surface area contributed by atoms with Crippen LogP contribution in [-0.4, -0.2) is 9.67 Å². The molecule has 0 aliphatic rings. The maximum absolute atomic E-state index is 9.65. The maximum atomic E-state index is 9.65. The van der Waals surface area contributed by atoms with Crippen LogP contribution in [0.15, 0.2) is 66.7 Å². The molecular formula is C17H15NO. The summed E-state index contributed by atoms with van der Waals surface area (Å²) in [7, 11) is 0. The zero-order valence-corrected chi connectivity index (χ0v) is 10.7. The lowest BCUT2D eigenvalue weighted by atomic mass is 10.1. The van der Waals surface area contributed by atoms with E-state index in [1.807, 2.05) is 30.3 Å². The van der Waals surface area contributed by atoms with Crippen LogP contribution in [0.1, 0.15) is 5.69 Å². The molecule has 94 valence electrons. The Kier molecular flexibility index (Phi) is 2.84. The van der Waals surface area contributed by atoms with Gasteiger partial charge in [0.25, 0.3) is 0 Å². The molecule has 2 heteroatoms. The first-order valence-corrected chi connectivity index (χ1v) is 6.29. The molecule has 0 fully saturated rings. The Balaban J connectivity index is 2.20. The Labute approximate surface area is 112 Å². The number of phenolic OH excluding ortho intramolecular Hbond substituents is 1. The van der Waals surface area contributed by atoms with Gasteiger partial charge in [-0.1, -0.05) is 36.4 Å². The molecule has 0 aliphatic carbocycles. The molecule has 2 nitrogen and oxygen atoms in total. The first-order chi connectivity index (χ1) is 9.25. The summed E-state index contributed by atoms with van der Waals surface area (Å²) in [6.07, 6.45) is 0. The van der Waals surface area contributed by atoms with Gasteiger partial charge in [0, 0.05) is 17.4 Å². The lowest BCUT2D eigenvalue weighted by Gasteiger charge is -2.12. The summed E-state index contributed by atoms with van der Waals surface area (Å²) in [4.78, 5) is 0. The van der Waals surface area contributed by atoms with Gasteiger partial charge in [0.15, 0.2) is 0 Å². The lowest BCUT2D eigenvalue weighted by molar-refractivity contribution is 0.475. The van der Waals surface area contributed by atoms with Crippen LogP contribution in [-0.2, 0) is 0 Å². The van der Waals surface area contributed by atoms with E-state index in [1.165, 1.54) is 5.56 Å². The minimum absolute atomic E-state index is 0.282. The quantitative estimate of drug-likeness (QED) is 0.725. The molecule has 0 saturated heterocycles. The van der Waals surface area contributed by atoms with Gasteiger partial charge >= 0.3 is 0 Å². The number of hydrogen-bond acceptors (Lipinski definition) is 1. The van der Waals surface area contributed by atoms with E-state index in [0.717, 1.165) is 17.1 Å². The molecule has 1 N–H and O–H groups in total. The van der Waals surface area contributed by atoms with E-state index in [2.05, 4.69) is 35.8 Å². The second kappa shape index (κ2) is 4.65. The molecule has 0 spiro atoms. The van der Waals surface area contributed by atoms with E-state index in [9.17, 15) is 5.11 Å². The predicted molar refractivity (Wildman–Crippen MR) is 77.6 cm³/mol. The number of hydrogen-bond donors (Lipinski definition) is 1. The van der Waals surface area contributed by atoms with Crippen molar-refractivity contribution in [2.24, 2.45) is 0 Å². The van der Waals surface area contributed by atoms with E-state index in [4.69, 9.17) is 0 Å². The molecule has 0 saturated carbocycles. The van der Waals surface area contributed by atoms with Crippen molar-refractivity contribution in [3.05, 3.63) is 72.4 Å². The van der Waals surface area contributed by atoms with Crippen LogP contribution in [0.2, 0.25) is 0 Å². The fraction of sp³-hybridized carbons (Fsp3) is 0.0588. The highest BCUT2D eigenvalue weighted by Gasteiger charge is 2.09. The molecule has 0 radical (unpaired) electrons. The van der Waals surface area contributed by atoms with Crippen molar-refractivity contribution in [2.75, 3.05) is 0 Å². The SMILES string of the molecule is Cc1ccc(-c2ccccc2)n1-c1cccc(O)c1. The Bertz CT molecular complexity index is 698. The van der Waals surface area contributed by atoms with E-state index in [1.54, 1.807) is 12.1 Å². The van der Waals surface area contributed by atoms with Gasteiger partial charge in [0.05, 0.1) is 5.69 Å². The van der Waals surface area contributed by atoms with Crippen molar-refractivity contribution < 1.29 is 5.11 Å². The van der Waals surface area contributed by atoms with Crippen molar-refractivity contribution >= 4 is 0 Å². The molecule has 0 bridgehead atoms. The van der Waals surface area contributed by atoms with Crippen molar-refractivity contribution in [3.8, 4) is 22.7 Å². The summed E-state index contributed by atoms with van der Waals surface area (Å²) in [5.74, 6) is 0.282. The molecule has 3 rings (SSSR count).